The van der Waals surface area contributed by atoms with Gasteiger partial charge in [0, 0.05) is 35.2 Å². The summed E-state index contributed by atoms with van der Waals surface area (Å²) >= 11 is 0. The van der Waals surface area contributed by atoms with Gasteiger partial charge in [-0.3, -0.25) is 19.2 Å². The van der Waals surface area contributed by atoms with Crippen molar-refractivity contribution in [3.63, 3.8) is 0 Å². The maximum Gasteiger partial charge on any atom is 0.209 e. The topological polar surface area (TPSA) is 149 Å². The third kappa shape index (κ3) is 3.97. The highest BCUT2D eigenvalue weighted by atomic mass is 16.4. The number of aliphatic hydroxyl groups excluding tert-OH is 2. The lowest BCUT2D eigenvalue weighted by Gasteiger charge is -2.65. The van der Waals surface area contributed by atoms with Crippen LogP contribution in [-0.2, 0) is 14.4 Å². The molecule has 0 aromatic heterocycles. The Kier molecular flexibility index (Phi) is 8.13. The van der Waals surface area contributed by atoms with Gasteiger partial charge < -0.3 is 20.4 Å². The molecule has 42 heavy (non-hydrogen) atoms. The fourth-order valence-electron chi connectivity index (χ4n) is 8.78. The second kappa shape index (κ2) is 10.8. The SMILES string of the molecule is CCCCC[C@@H]1c2cccc(O)c2C(=O)C2=C(O)[C@@]3(O)C(=O)C(C(C)=O)=C(O)C(C(C)C)[C@@]3(C)[C@H](CC(=O)CC)[C@]21C. The second-order valence-corrected chi connectivity index (χ2v) is 13.1. The minimum atomic E-state index is -2.78. The molecule has 0 saturated heterocycles. The van der Waals surface area contributed by atoms with Crippen molar-refractivity contribution in [2.24, 2.45) is 28.6 Å². The molecular formula is C34H44O8. The summed E-state index contributed by atoms with van der Waals surface area (Å²) in [6, 6.07) is 4.82. The maximum absolute atomic E-state index is 14.4. The largest absolute Gasteiger partial charge is 0.511 e. The summed E-state index contributed by atoms with van der Waals surface area (Å²) in [7, 11) is 0. The van der Waals surface area contributed by atoms with E-state index in [-0.39, 0.29) is 35.5 Å². The van der Waals surface area contributed by atoms with Gasteiger partial charge in [-0.25, -0.2) is 0 Å². The minimum Gasteiger partial charge on any atom is -0.511 e. The van der Waals surface area contributed by atoms with Crippen LogP contribution in [0, 0.1) is 28.6 Å². The number of hydrogen-bond donors (Lipinski definition) is 4. The van der Waals surface area contributed by atoms with Crippen LogP contribution in [0.2, 0.25) is 0 Å². The summed E-state index contributed by atoms with van der Waals surface area (Å²) < 4.78 is 0. The van der Waals surface area contributed by atoms with E-state index < -0.39 is 74.5 Å². The van der Waals surface area contributed by atoms with Crippen molar-refractivity contribution in [2.75, 3.05) is 0 Å². The zero-order valence-electron chi connectivity index (χ0n) is 25.7. The monoisotopic (exact) mass is 580 g/mol. The van der Waals surface area contributed by atoms with Gasteiger partial charge in [0.15, 0.2) is 17.2 Å². The van der Waals surface area contributed by atoms with Crippen LogP contribution >= 0.6 is 0 Å². The molecule has 3 aliphatic rings. The van der Waals surface area contributed by atoms with Gasteiger partial charge in [0.25, 0.3) is 0 Å². The van der Waals surface area contributed by atoms with Crippen molar-refractivity contribution in [3.05, 3.63) is 52.0 Å². The lowest BCUT2D eigenvalue weighted by molar-refractivity contribution is -0.194. The number of Topliss-reactive ketones (excluding diaryl/α,β-unsaturated/α-hetero) is 4. The summed E-state index contributed by atoms with van der Waals surface area (Å²) in [5.74, 6) is -7.29. The molecule has 4 rings (SSSR count). The number of phenols is 1. The number of carbonyl (C=O) groups is 4. The molecule has 0 saturated carbocycles. The standard InChI is InChI=1S/C34H44O8/c1-8-10-11-14-21-20-13-12-15-22(37)25(20)29(39)27-31(41)34(42)30(40)24(18(5)35)28(38)26(17(3)4)33(34,7)23(32(21,27)6)16-19(36)9-2/h12-13,15,17,21,23,26,37-38,41-42H,8-11,14,16H2,1-7H3/t21-,23-,26?,32-,33-,34+/m1/s1. The van der Waals surface area contributed by atoms with E-state index >= 15 is 0 Å². The highest BCUT2D eigenvalue weighted by Crippen LogP contribution is 2.71. The van der Waals surface area contributed by atoms with Crippen LogP contribution in [-0.4, -0.2) is 49.2 Å². The summed E-state index contributed by atoms with van der Waals surface area (Å²) in [5, 5.41) is 47.2. The van der Waals surface area contributed by atoms with Crippen molar-refractivity contribution in [1.82, 2.24) is 0 Å². The number of ketones is 4. The molecule has 0 fully saturated rings. The first-order chi connectivity index (χ1) is 19.6. The summed E-state index contributed by atoms with van der Waals surface area (Å²) in [5.41, 5.74) is -5.99. The highest BCUT2D eigenvalue weighted by Gasteiger charge is 2.76. The molecule has 0 spiro atoms. The van der Waals surface area contributed by atoms with Gasteiger partial charge in [0.2, 0.25) is 5.78 Å². The smallest absolute Gasteiger partial charge is 0.209 e. The first-order valence-corrected chi connectivity index (χ1v) is 15.1. The molecule has 1 unspecified atom stereocenters. The minimum absolute atomic E-state index is 0.000330. The average Bonchev–Trinajstić information content (AvgIpc) is 2.90. The Bertz CT molecular complexity index is 1420. The van der Waals surface area contributed by atoms with E-state index in [9.17, 15) is 39.6 Å². The molecule has 0 amide bonds. The van der Waals surface area contributed by atoms with Crippen molar-refractivity contribution in [3.8, 4) is 5.75 Å². The quantitative estimate of drug-likeness (QED) is 0.203. The summed E-state index contributed by atoms with van der Waals surface area (Å²) in [6.45, 7) is 11.9. The molecule has 0 radical (unpaired) electrons. The lowest BCUT2D eigenvalue weighted by Crippen LogP contribution is -2.71. The normalized spacial score (nSPS) is 32.5. The summed E-state index contributed by atoms with van der Waals surface area (Å²) in [4.78, 5) is 54.7. The number of rotatable bonds is 9. The van der Waals surface area contributed by atoms with Gasteiger partial charge in [-0.2, -0.15) is 0 Å². The molecule has 1 aromatic rings. The number of carbonyl (C=O) groups excluding carboxylic acids is 4. The fourth-order valence-corrected chi connectivity index (χ4v) is 8.78. The van der Waals surface area contributed by atoms with Crippen molar-refractivity contribution in [1.29, 1.82) is 0 Å². The molecule has 1 aromatic carbocycles. The van der Waals surface area contributed by atoms with Crippen molar-refractivity contribution < 1.29 is 39.6 Å². The van der Waals surface area contributed by atoms with Crippen LogP contribution < -0.4 is 0 Å². The number of allylic oxidation sites excluding steroid dienone is 2. The molecule has 3 aliphatic carbocycles. The summed E-state index contributed by atoms with van der Waals surface area (Å²) in [6.07, 6.45) is 3.16. The number of hydrogen-bond acceptors (Lipinski definition) is 8. The molecule has 8 nitrogen and oxygen atoms in total. The fraction of sp³-hybridized carbons (Fsp3) is 0.588. The second-order valence-electron chi connectivity index (χ2n) is 13.1. The average molecular weight is 581 g/mol. The third-order valence-electron chi connectivity index (χ3n) is 10.7. The number of fused-ring (bicyclic) bond motifs is 3. The molecule has 0 aliphatic heterocycles. The Balaban J connectivity index is 2.22. The van der Waals surface area contributed by atoms with Crippen LogP contribution in [0.5, 0.6) is 5.75 Å². The Morgan fingerprint density at radius 3 is 2.21 bits per heavy atom. The van der Waals surface area contributed by atoms with E-state index in [4.69, 9.17) is 0 Å². The molecule has 6 atom stereocenters. The first kappa shape index (κ1) is 31.7. The first-order valence-electron chi connectivity index (χ1n) is 15.1. The van der Waals surface area contributed by atoms with Crippen molar-refractivity contribution in [2.45, 2.75) is 98.5 Å². The third-order valence-corrected chi connectivity index (χ3v) is 10.7. The molecule has 0 bridgehead atoms. The van der Waals surface area contributed by atoms with Gasteiger partial charge >= 0.3 is 0 Å². The van der Waals surface area contributed by atoms with Gasteiger partial charge in [-0.1, -0.05) is 72.9 Å². The Morgan fingerprint density at radius 2 is 1.67 bits per heavy atom. The Hall–Kier alpha value is -3.26. The number of phenolic OH excluding ortho intramolecular Hbond substituents is 1. The van der Waals surface area contributed by atoms with E-state index in [1.807, 2.05) is 6.92 Å². The zero-order valence-corrected chi connectivity index (χ0v) is 25.7. The Labute approximate surface area is 247 Å². The zero-order chi connectivity index (χ0) is 31.5. The number of aliphatic hydroxyl groups is 3. The van der Waals surface area contributed by atoms with E-state index in [0.29, 0.717) is 12.0 Å². The predicted octanol–water partition coefficient (Wildman–Crippen LogP) is 6.06. The van der Waals surface area contributed by atoms with Gasteiger partial charge in [0.1, 0.15) is 28.6 Å². The lowest BCUT2D eigenvalue weighted by atomic mass is 9.37. The predicted molar refractivity (Wildman–Crippen MR) is 157 cm³/mol. The number of aromatic hydroxyl groups is 1. The van der Waals surface area contributed by atoms with E-state index in [1.54, 1.807) is 39.8 Å². The van der Waals surface area contributed by atoms with Crippen LogP contribution in [0.25, 0.3) is 0 Å². The van der Waals surface area contributed by atoms with E-state index in [2.05, 4.69) is 6.92 Å². The van der Waals surface area contributed by atoms with Crippen LogP contribution in [0.3, 0.4) is 0 Å². The number of benzene rings is 1. The molecular weight excluding hydrogens is 536 g/mol. The number of unbranched alkanes of at least 4 members (excludes halogenated alkanes) is 2. The molecule has 8 heteroatoms. The van der Waals surface area contributed by atoms with Crippen LogP contribution in [0.4, 0.5) is 0 Å². The molecule has 4 N–H and O–H groups in total. The van der Waals surface area contributed by atoms with Crippen LogP contribution in [0.15, 0.2) is 40.9 Å². The van der Waals surface area contributed by atoms with Crippen LogP contribution in [0.1, 0.15) is 109 Å². The molecule has 0 heterocycles. The van der Waals surface area contributed by atoms with Gasteiger partial charge in [-0.05, 0) is 42.7 Å². The van der Waals surface area contributed by atoms with Gasteiger partial charge in [-0.15, -0.1) is 0 Å². The Morgan fingerprint density at radius 1 is 1.02 bits per heavy atom. The van der Waals surface area contributed by atoms with Gasteiger partial charge in [0.05, 0.1) is 5.56 Å². The highest BCUT2D eigenvalue weighted by molar-refractivity contribution is 6.25. The van der Waals surface area contributed by atoms with Crippen molar-refractivity contribution >= 4 is 23.1 Å². The maximum atomic E-state index is 14.4. The molecule has 228 valence electrons. The van der Waals surface area contributed by atoms with E-state index in [1.165, 1.54) is 6.07 Å². The van der Waals surface area contributed by atoms with E-state index in [0.717, 1.165) is 26.2 Å².